The molecule has 1 fully saturated rings. The number of ether oxygens (including phenoxy) is 2. The lowest BCUT2D eigenvalue weighted by Gasteiger charge is -2.44. The Balaban J connectivity index is 1.17. The van der Waals surface area contributed by atoms with Crippen molar-refractivity contribution >= 4 is 27.0 Å². The molecule has 2 heterocycles. The van der Waals surface area contributed by atoms with Gasteiger partial charge in [-0.05, 0) is 102 Å². The van der Waals surface area contributed by atoms with E-state index in [0.717, 1.165) is 42.5 Å². The van der Waals surface area contributed by atoms with Crippen LogP contribution in [-0.4, -0.2) is 79.8 Å². The lowest BCUT2D eigenvalue weighted by Crippen LogP contribution is -2.59. The number of nitrogens with zero attached hydrogens (tertiary/aromatic N) is 2. The van der Waals surface area contributed by atoms with Crippen LogP contribution < -0.4 is 9.46 Å². The number of benzene rings is 2. The molecule has 1 aromatic heterocycles. The molecule has 1 amide bonds. The average Bonchev–Trinajstić information content (AvgIpc) is 3.30. The van der Waals surface area contributed by atoms with Gasteiger partial charge in [0.2, 0.25) is 10.0 Å². The molecule has 0 spiro atoms. The number of hydrogen-bond acceptors (Lipinski definition) is 6. The van der Waals surface area contributed by atoms with Crippen LogP contribution in [0.5, 0.6) is 5.75 Å². The molecule has 4 rings (SSSR count). The lowest BCUT2D eigenvalue weighted by atomic mass is 10.1. The summed E-state index contributed by atoms with van der Waals surface area (Å²) >= 11 is 0. The normalized spacial score (nSPS) is 18.4. The van der Waals surface area contributed by atoms with E-state index in [4.69, 9.17) is 9.47 Å². The topological polar surface area (TPSA) is 104 Å². The maximum absolute atomic E-state index is 13.6. The van der Waals surface area contributed by atoms with Crippen molar-refractivity contribution in [2.24, 2.45) is 0 Å². The summed E-state index contributed by atoms with van der Waals surface area (Å²) in [7, 11) is -3.66. The number of halogens is 1. The average molecular weight is 603 g/mol. The highest BCUT2D eigenvalue weighted by Gasteiger charge is 2.35. The van der Waals surface area contributed by atoms with Crippen molar-refractivity contribution < 1.29 is 27.1 Å². The van der Waals surface area contributed by atoms with Gasteiger partial charge in [-0.3, -0.25) is 4.90 Å². The molecule has 1 aliphatic heterocycles. The predicted molar refractivity (Wildman–Crippen MR) is 162 cm³/mol. The number of nitrogens with one attached hydrogen (secondary N) is 2. The monoisotopic (exact) mass is 602 g/mol. The van der Waals surface area contributed by atoms with Crippen LogP contribution in [0, 0.1) is 5.82 Å². The van der Waals surface area contributed by atoms with Gasteiger partial charge in [0.05, 0.1) is 11.5 Å². The van der Waals surface area contributed by atoms with E-state index in [-0.39, 0.29) is 35.4 Å². The van der Waals surface area contributed by atoms with E-state index in [1.54, 1.807) is 30.3 Å². The standard InChI is InChI=1S/C31H43FN4O5S/c1-22-20-35(21-23(2)36(22)30(37)41-31(3,4)5)16-7-17-40-26-10-12-27(13-11-26)42(38,39)34-15-6-8-24-19-33-29-14-9-25(32)18-28(24)29/h9-14,18-19,22-23,33-34H,6-8,15-17,20-21H2,1-5H3/t22-,23-/m1/s1. The molecule has 1 saturated heterocycles. The third-order valence-corrected chi connectivity index (χ3v) is 8.74. The van der Waals surface area contributed by atoms with Crippen molar-refractivity contribution in [3.8, 4) is 5.75 Å². The van der Waals surface area contributed by atoms with Crippen LogP contribution in [0.4, 0.5) is 9.18 Å². The Kier molecular flexibility index (Phi) is 10.2. The zero-order valence-corrected chi connectivity index (χ0v) is 26.0. The number of aryl methyl sites for hydroxylation is 1. The number of fused-ring (bicyclic) bond motifs is 1. The van der Waals surface area contributed by atoms with E-state index in [2.05, 4.69) is 14.6 Å². The van der Waals surface area contributed by atoms with E-state index in [9.17, 15) is 17.6 Å². The largest absolute Gasteiger partial charge is 0.494 e. The molecule has 0 aliphatic carbocycles. The third kappa shape index (κ3) is 8.45. The highest BCUT2D eigenvalue weighted by atomic mass is 32.2. The highest BCUT2D eigenvalue weighted by Crippen LogP contribution is 2.22. The number of carbonyl (C=O) groups is 1. The van der Waals surface area contributed by atoms with Gasteiger partial charge in [0.15, 0.2) is 0 Å². The summed E-state index contributed by atoms with van der Waals surface area (Å²) in [6.45, 7) is 12.8. The molecule has 1 aliphatic rings. The number of carbonyl (C=O) groups excluding carboxylic acids is 1. The van der Waals surface area contributed by atoms with E-state index in [1.165, 1.54) is 12.1 Å². The summed E-state index contributed by atoms with van der Waals surface area (Å²) in [5.74, 6) is 0.313. The summed E-state index contributed by atoms with van der Waals surface area (Å²) in [5.41, 5.74) is 1.29. The Morgan fingerprint density at radius 3 is 2.43 bits per heavy atom. The quantitative estimate of drug-likeness (QED) is 0.288. The fourth-order valence-electron chi connectivity index (χ4n) is 5.41. The molecular weight excluding hydrogens is 559 g/mol. The summed E-state index contributed by atoms with van der Waals surface area (Å²) in [6.07, 6.45) is 3.57. The Morgan fingerprint density at radius 1 is 1.07 bits per heavy atom. The number of hydrogen-bond donors (Lipinski definition) is 2. The van der Waals surface area contributed by atoms with Gasteiger partial charge < -0.3 is 19.4 Å². The van der Waals surface area contributed by atoms with Crippen LogP contribution in [-0.2, 0) is 21.2 Å². The number of sulfonamides is 1. The maximum Gasteiger partial charge on any atom is 0.410 e. The highest BCUT2D eigenvalue weighted by molar-refractivity contribution is 7.89. The Labute approximate surface area is 248 Å². The molecule has 230 valence electrons. The molecule has 2 N–H and O–H groups in total. The fourth-order valence-corrected chi connectivity index (χ4v) is 6.48. The van der Waals surface area contributed by atoms with Gasteiger partial charge >= 0.3 is 6.09 Å². The molecule has 3 aromatic rings. The third-order valence-electron chi connectivity index (χ3n) is 7.26. The van der Waals surface area contributed by atoms with Gasteiger partial charge in [-0.25, -0.2) is 22.3 Å². The van der Waals surface area contributed by atoms with Crippen molar-refractivity contribution in [3.05, 3.63) is 60.0 Å². The molecule has 0 unspecified atom stereocenters. The summed E-state index contributed by atoms with van der Waals surface area (Å²) in [6, 6.07) is 11.1. The Hall–Kier alpha value is -3.15. The first-order chi connectivity index (χ1) is 19.8. The number of aromatic nitrogens is 1. The van der Waals surface area contributed by atoms with Gasteiger partial charge in [0.25, 0.3) is 0 Å². The van der Waals surface area contributed by atoms with Crippen LogP contribution in [0.25, 0.3) is 10.9 Å². The van der Waals surface area contributed by atoms with E-state index < -0.39 is 15.6 Å². The smallest absolute Gasteiger partial charge is 0.410 e. The minimum absolute atomic E-state index is 0.0470. The first-order valence-corrected chi connectivity index (χ1v) is 16.0. The number of amides is 1. The number of H-pyrrole nitrogens is 1. The maximum atomic E-state index is 13.6. The number of piperazine rings is 1. The molecule has 9 nitrogen and oxygen atoms in total. The first-order valence-electron chi connectivity index (χ1n) is 14.5. The summed E-state index contributed by atoms with van der Waals surface area (Å²) in [5, 5.41) is 0.818. The fraction of sp³-hybridized carbons (Fsp3) is 0.516. The van der Waals surface area contributed by atoms with Crippen molar-refractivity contribution in [2.45, 2.75) is 76.5 Å². The second-order valence-corrected chi connectivity index (χ2v) is 13.8. The van der Waals surface area contributed by atoms with Crippen molar-refractivity contribution in [3.63, 3.8) is 0 Å². The van der Waals surface area contributed by atoms with Gasteiger partial charge in [0, 0.05) is 55.4 Å². The number of aromatic amines is 1. The van der Waals surface area contributed by atoms with Gasteiger partial charge in [-0.1, -0.05) is 0 Å². The minimum Gasteiger partial charge on any atom is -0.494 e. The zero-order chi connectivity index (χ0) is 30.5. The van der Waals surface area contributed by atoms with Crippen LogP contribution >= 0.6 is 0 Å². The molecular formula is C31H43FN4O5S. The van der Waals surface area contributed by atoms with Crippen molar-refractivity contribution in [1.29, 1.82) is 0 Å². The van der Waals surface area contributed by atoms with Gasteiger partial charge in [-0.2, -0.15) is 0 Å². The second kappa shape index (κ2) is 13.4. The lowest BCUT2D eigenvalue weighted by molar-refractivity contribution is -0.0155. The van der Waals surface area contributed by atoms with E-state index in [1.807, 2.05) is 45.7 Å². The number of rotatable bonds is 11. The molecule has 0 saturated carbocycles. The van der Waals surface area contributed by atoms with Gasteiger partial charge in [-0.15, -0.1) is 0 Å². The molecule has 42 heavy (non-hydrogen) atoms. The van der Waals surface area contributed by atoms with E-state index >= 15 is 0 Å². The van der Waals surface area contributed by atoms with Crippen LogP contribution in [0.3, 0.4) is 0 Å². The molecule has 11 heteroatoms. The van der Waals surface area contributed by atoms with Crippen LogP contribution in [0.1, 0.15) is 53.0 Å². The Bertz CT molecular complexity index is 1440. The Morgan fingerprint density at radius 2 is 1.76 bits per heavy atom. The molecule has 0 bridgehead atoms. The van der Waals surface area contributed by atoms with Crippen LogP contribution in [0.15, 0.2) is 53.6 Å². The summed E-state index contributed by atoms with van der Waals surface area (Å²) in [4.78, 5) is 20.1. The van der Waals surface area contributed by atoms with Crippen LogP contribution in [0.2, 0.25) is 0 Å². The zero-order valence-electron chi connectivity index (χ0n) is 25.2. The molecule has 0 radical (unpaired) electrons. The van der Waals surface area contributed by atoms with Crippen molar-refractivity contribution in [2.75, 3.05) is 32.8 Å². The summed E-state index contributed by atoms with van der Waals surface area (Å²) < 4.78 is 53.1. The molecule has 2 aromatic carbocycles. The van der Waals surface area contributed by atoms with Crippen molar-refractivity contribution in [1.82, 2.24) is 19.5 Å². The SMILES string of the molecule is C[C@@H]1CN(CCCOc2ccc(S(=O)(=O)NCCCc3c[nH]c4ccc(F)cc34)cc2)C[C@@H](C)N1C(=O)OC(C)(C)C. The predicted octanol–water partition coefficient (Wildman–Crippen LogP) is 5.32. The second-order valence-electron chi connectivity index (χ2n) is 12.0. The van der Waals surface area contributed by atoms with E-state index in [0.29, 0.717) is 25.2 Å². The molecule has 2 atom stereocenters. The minimum atomic E-state index is -3.66. The first kappa shape index (κ1) is 31.8. The van der Waals surface area contributed by atoms with Gasteiger partial charge in [0.1, 0.15) is 17.2 Å².